The molecule has 2 N–H and O–H groups in total. The second-order valence-corrected chi connectivity index (χ2v) is 6.24. The van der Waals surface area contributed by atoms with Gasteiger partial charge in [0.15, 0.2) is 11.5 Å². The van der Waals surface area contributed by atoms with Crippen LogP contribution in [0.2, 0.25) is 0 Å². The lowest BCUT2D eigenvalue weighted by molar-refractivity contribution is -0.274. The number of benzene rings is 2. The lowest BCUT2D eigenvalue weighted by Crippen LogP contribution is -2.45. The van der Waals surface area contributed by atoms with Crippen LogP contribution >= 0.6 is 24.8 Å². The van der Waals surface area contributed by atoms with Gasteiger partial charge < -0.3 is 19.9 Å². The number of phenols is 1. The van der Waals surface area contributed by atoms with Gasteiger partial charge in [-0.3, -0.25) is 4.90 Å². The van der Waals surface area contributed by atoms with Gasteiger partial charge in [0.05, 0.1) is 13.2 Å². The van der Waals surface area contributed by atoms with Crippen LogP contribution < -0.4 is 14.8 Å². The Kier molecular flexibility index (Phi) is 9.35. The number of nitrogens with zero attached hydrogens (tertiary/aromatic N) is 1. The fourth-order valence-corrected chi connectivity index (χ4v) is 3.28. The zero-order valence-corrected chi connectivity index (χ0v) is 17.2. The molecule has 0 aliphatic carbocycles. The lowest BCUT2D eigenvalue weighted by Gasteiger charge is -2.35. The van der Waals surface area contributed by atoms with Crippen molar-refractivity contribution in [3.63, 3.8) is 0 Å². The third kappa shape index (κ3) is 6.57. The van der Waals surface area contributed by atoms with Crippen LogP contribution in [0.15, 0.2) is 42.5 Å². The van der Waals surface area contributed by atoms with Crippen LogP contribution in [0, 0.1) is 0 Å². The van der Waals surface area contributed by atoms with Crippen molar-refractivity contribution >= 4 is 24.8 Å². The first-order chi connectivity index (χ1) is 12.9. The van der Waals surface area contributed by atoms with Crippen molar-refractivity contribution in [1.82, 2.24) is 10.2 Å². The van der Waals surface area contributed by atoms with E-state index in [1.165, 1.54) is 19.2 Å². The van der Waals surface area contributed by atoms with Crippen molar-refractivity contribution in [2.24, 2.45) is 0 Å². The number of methoxy groups -OCH3 is 1. The molecule has 1 saturated heterocycles. The van der Waals surface area contributed by atoms with E-state index in [9.17, 15) is 18.3 Å². The molecule has 0 amide bonds. The molecular weight excluding hydrogens is 432 g/mol. The Hall–Kier alpha value is -1.87. The summed E-state index contributed by atoms with van der Waals surface area (Å²) < 4.78 is 46.2. The van der Waals surface area contributed by atoms with Gasteiger partial charge >= 0.3 is 6.36 Å². The highest BCUT2D eigenvalue weighted by molar-refractivity contribution is 5.85. The van der Waals surface area contributed by atoms with E-state index in [4.69, 9.17) is 4.74 Å². The molecule has 3 rings (SSSR count). The van der Waals surface area contributed by atoms with E-state index >= 15 is 0 Å². The molecule has 10 heteroatoms. The molecule has 1 fully saturated rings. The van der Waals surface area contributed by atoms with Gasteiger partial charge in [0.25, 0.3) is 0 Å². The highest BCUT2D eigenvalue weighted by Gasteiger charge is 2.31. The monoisotopic (exact) mass is 454 g/mol. The molecule has 2 aromatic rings. The molecule has 0 unspecified atom stereocenters. The number of ether oxygens (including phenoxy) is 2. The molecule has 0 bridgehead atoms. The average Bonchev–Trinajstić information content (AvgIpc) is 2.63. The second-order valence-electron chi connectivity index (χ2n) is 6.24. The van der Waals surface area contributed by atoms with Gasteiger partial charge in [-0.25, -0.2) is 0 Å². The summed E-state index contributed by atoms with van der Waals surface area (Å²) in [5.41, 5.74) is 1.65. The Morgan fingerprint density at radius 2 is 1.59 bits per heavy atom. The van der Waals surface area contributed by atoms with Gasteiger partial charge in [0, 0.05) is 26.2 Å². The van der Waals surface area contributed by atoms with Gasteiger partial charge in [-0.05, 0) is 35.4 Å². The first kappa shape index (κ1) is 25.2. The number of alkyl halides is 3. The number of nitrogens with one attached hydrogen (secondary N) is 1. The van der Waals surface area contributed by atoms with Gasteiger partial charge in [-0.15, -0.1) is 38.0 Å². The van der Waals surface area contributed by atoms with Crippen LogP contribution in [0.5, 0.6) is 17.2 Å². The fourth-order valence-electron chi connectivity index (χ4n) is 3.28. The highest BCUT2D eigenvalue weighted by Crippen LogP contribution is 2.35. The summed E-state index contributed by atoms with van der Waals surface area (Å²) in [6.45, 7) is 3.18. The largest absolute Gasteiger partial charge is 0.573 e. The van der Waals surface area contributed by atoms with Crippen molar-refractivity contribution in [3.8, 4) is 17.2 Å². The molecule has 5 nitrogen and oxygen atoms in total. The molecule has 1 heterocycles. The SMILES string of the molecule is COc1ccc([C@H](c2ccc(OC(F)(F)F)cc2)N2CCNCC2)cc1O.Cl.Cl. The number of aromatic hydroxyl groups is 1. The highest BCUT2D eigenvalue weighted by atomic mass is 35.5. The maximum absolute atomic E-state index is 12.4. The molecule has 0 saturated carbocycles. The molecule has 0 radical (unpaired) electrons. The van der Waals surface area contributed by atoms with Gasteiger partial charge in [0.1, 0.15) is 5.75 Å². The number of phenolic OH excluding ortho intramolecular Hbond substituents is 1. The Labute approximate surface area is 179 Å². The van der Waals surface area contributed by atoms with E-state index in [1.807, 2.05) is 6.07 Å². The van der Waals surface area contributed by atoms with E-state index in [2.05, 4.69) is 15.0 Å². The third-order valence-corrected chi connectivity index (χ3v) is 4.46. The molecule has 1 aliphatic heterocycles. The maximum Gasteiger partial charge on any atom is 0.573 e. The van der Waals surface area contributed by atoms with Gasteiger partial charge in [-0.2, -0.15) is 0 Å². The molecule has 2 aromatic carbocycles. The van der Waals surface area contributed by atoms with E-state index in [0.29, 0.717) is 5.75 Å². The summed E-state index contributed by atoms with van der Waals surface area (Å²) in [7, 11) is 1.47. The van der Waals surface area contributed by atoms with Crippen molar-refractivity contribution in [2.75, 3.05) is 33.3 Å². The van der Waals surface area contributed by atoms with Crippen LogP contribution in [-0.4, -0.2) is 49.7 Å². The number of piperazine rings is 1. The predicted octanol–water partition coefficient (Wildman–Crippen LogP) is 4.14. The normalized spacial score (nSPS) is 15.6. The summed E-state index contributed by atoms with van der Waals surface area (Å²) >= 11 is 0. The number of hydrogen-bond acceptors (Lipinski definition) is 5. The lowest BCUT2D eigenvalue weighted by atomic mass is 9.96. The number of rotatable bonds is 5. The van der Waals surface area contributed by atoms with Gasteiger partial charge in [-0.1, -0.05) is 18.2 Å². The first-order valence-electron chi connectivity index (χ1n) is 8.55. The Morgan fingerprint density at radius 3 is 2.10 bits per heavy atom. The quantitative estimate of drug-likeness (QED) is 0.710. The minimum Gasteiger partial charge on any atom is -0.504 e. The summed E-state index contributed by atoms with van der Waals surface area (Å²) in [5, 5.41) is 13.4. The Morgan fingerprint density at radius 1 is 1.00 bits per heavy atom. The molecule has 1 atom stereocenters. The topological polar surface area (TPSA) is 54.0 Å². The number of halogens is 5. The summed E-state index contributed by atoms with van der Waals surface area (Å²) in [6.07, 6.45) is -4.72. The van der Waals surface area contributed by atoms with Crippen LogP contribution in [0.4, 0.5) is 13.2 Å². The van der Waals surface area contributed by atoms with Crippen molar-refractivity contribution in [1.29, 1.82) is 0 Å². The molecule has 29 heavy (non-hydrogen) atoms. The van der Waals surface area contributed by atoms with E-state index in [0.717, 1.165) is 37.3 Å². The maximum atomic E-state index is 12.4. The third-order valence-electron chi connectivity index (χ3n) is 4.46. The standard InChI is InChI=1S/C19H21F3N2O3.2ClH/c1-26-17-7-4-14(12-16(17)25)18(24-10-8-23-9-11-24)13-2-5-15(6-3-13)27-19(20,21)22;;/h2-7,12,18,23,25H,8-11H2,1H3;2*1H/t18-;;/m0../s1. The van der Waals surface area contributed by atoms with Crippen molar-refractivity contribution in [3.05, 3.63) is 53.6 Å². The molecule has 1 aliphatic rings. The number of hydrogen-bond donors (Lipinski definition) is 2. The summed E-state index contributed by atoms with van der Waals surface area (Å²) in [4.78, 5) is 2.22. The van der Waals surface area contributed by atoms with Crippen molar-refractivity contribution in [2.45, 2.75) is 12.4 Å². The molecule has 0 spiro atoms. The van der Waals surface area contributed by atoms with Crippen LogP contribution in [0.3, 0.4) is 0 Å². The second kappa shape index (κ2) is 10.8. The van der Waals surface area contributed by atoms with Crippen LogP contribution in [-0.2, 0) is 0 Å². The smallest absolute Gasteiger partial charge is 0.504 e. The predicted molar refractivity (Wildman–Crippen MR) is 109 cm³/mol. The summed E-state index contributed by atoms with van der Waals surface area (Å²) in [5.74, 6) is 0.127. The molecule has 162 valence electrons. The minimum atomic E-state index is -4.72. The van der Waals surface area contributed by atoms with Crippen LogP contribution in [0.1, 0.15) is 17.2 Å². The summed E-state index contributed by atoms with van der Waals surface area (Å²) in [6, 6.07) is 10.8. The zero-order valence-electron chi connectivity index (χ0n) is 15.6. The average molecular weight is 455 g/mol. The van der Waals surface area contributed by atoms with E-state index < -0.39 is 6.36 Å². The fraction of sp³-hybridized carbons (Fsp3) is 0.368. The first-order valence-corrected chi connectivity index (χ1v) is 8.55. The Balaban J connectivity index is 0.00000210. The van der Waals surface area contributed by atoms with Gasteiger partial charge in [0.2, 0.25) is 0 Å². The van der Waals surface area contributed by atoms with Crippen LogP contribution in [0.25, 0.3) is 0 Å². The minimum absolute atomic E-state index is 0. The Bertz CT molecular complexity index is 770. The zero-order chi connectivity index (χ0) is 19.4. The molecular formula is C19H23Cl2F3N2O3. The van der Waals surface area contributed by atoms with E-state index in [1.54, 1.807) is 24.3 Å². The van der Waals surface area contributed by atoms with Crippen molar-refractivity contribution < 1.29 is 27.8 Å². The van der Waals surface area contributed by atoms with E-state index in [-0.39, 0.29) is 42.4 Å². The molecule has 0 aromatic heterocycles.